The summed E-state index contributed by atoms with van der Waals surface area (Å²) in [5, 5.41) is 5.94. The van der Waals surface area contributed by atoms with E-state index in [-0.39, 0.29) is 22.0 Å². The van der Waals surface area contributed by atoms with Gasteiger partial charge in [0, 0.05) is 10.9 Å². The van der Waals surface area contributed by atoms with Gasteiger partial charge in [0.05, 0.1) is 17.6 Å². The van der Waals surface area contributed by atoms with Gasteiger partial charge in [-0.15, -0.1) is 5.10 Å². The molecule has 0 saturated carbocycles. The second-order valence-corrected chi connectivity index (χ2v) is 9.49. The predicted molar refractivity (Wildman–Crippen MR) is 117 cm³/mol. The van der Waals surface area contributed by atoms with Gasteiger partial charge >= 0.3 is 11.7 Å². The highest BCUT2D eigenvalue weighted by Gasteiger charge is 2.35. The van der Waals surface area contributed by atoms with Gasteiger partial charge in [0.25, 0.3) is 0 Å². The summed E-state index contributed by atoms with van der Waals surface area (Å²) in [6, 6.07) is 5.15. The maximum Gasteiger partial charge on any atom is 0.434 e. The van der Waals surface area contributed by atoms with Crippen molar-refractivity contribution in [2.45, 2.75) is 37.6 Å². The standard InChI is InChI=1S/C21H21ClFN3O6S/c1-10-5-7-15(23)17(11(10)2)12(3)18(19-24-25-21(28)32-19)26-33(29,30)16-8-6-13(22)9-14(16)20(27)31-4/h5-9,12,18,26H,1-4H3,(H,25,28). The second kappa shape index (κ2) is 9.46. The molecule has 0 saturated heterocycles. The van der Waals surface area contributed by atoms with Crippen molar-refractivity contribution in [3.05, 3.63) is 79.9 Å². The van der Waals surface area contributed by atoms with Gasteiger partial charge in [0.1, 0.15) is 11.9 Å². The minimum atomic E-state index is -4.44. The minimum absolute atomic E-state index is 0.120. The Morgan fingerprint density at radius 1 is 1.27 bits per heavy atom. The molecule has 2 aromatic carbocycles. The van der Waals surface area contributed by atoms with Crippen molar-refractivity contribution in [2.75, 3.05) is 7.11 Å². The fourth-order valence-corrected chi connectivity index (χ4v) is 5.12. The first-order chi connectivity index (χ1) is 15.5. The first-order valence-corrected chi connectivity index (χ1v) is 11.5. The molecule has 0 aliphatic rings. The Balaban J connectivity index is 2.14. The molecule has 0 aliphatic carbocycles. The lowest BCUT2D eigenvalue weighted by Crippen LogP contribution is -2.33. The van der Waals surface area contributed by atoms with Crippen LogP contribution in [0.3, 0.4) is 0 Å². The van der Waals surface area contributed by atoms with Crippen molar-refractivity contribution in [1.82, 2.24) is 14.9 Å². The van der Waals surface area contributed by atoms with E-state index < -0.39 is 44.4 Å². The molecule has 12 heteroatoms. The summed E-state index contributed by atoms with van der Waals surface area (Å²) in [5.41, 5.74) is 1.31. The zero-order chi connectivity index (χ0) is 24.5. The number of methoxy groups -OCH3 is 1. The average Bonchev–Trinajstić information content (AvgIpc) is 3.20. The number of benzene rings is 2. The van der Waals surface area contributed by atoms with E-state index >= 15 is 0 Å². The number of ether oxygens (including phenoxy) is 1. The van der Waals surface area contributed by atoms with Crippen molar-refractivity contribution in [3.63, 3.8) is 0 Å². The normalized spacial score (nSPS) is 13.5. The second-order valence-electron chi connectivity index (χ2n) is 7.37. The zero-order valence-electron chi connectivity index (χ0n) is 18.1. The zero-order valence-corrected chi connectivity index (χ0v) is 19.7. The van der Waals surface area contributed by atoms with E-state index in [2.05, 4.69) is 19.7 Å². The molecule has 0 spiro atoms. The topological polar surface area (TPSA) is 131 Å². The monoisotopic (exact) mass is 497 g/mol. The Morgan fingerprint density at radius 3 is 2.58 bits per heavy atom. The fraction of sp³-hybridized carbons (Fsp3) is 0.286. The molecule has 2 unspecified atom stereocenters. The number of hydrogen-bond acceptors (Lipinski definition) is 7. The molecule has 0 radical (unpaired) electrons. The highest BCUT2D eigenvalue weighted by atomic mass is 35.5. The highest BCUT2D eigenvalue weighted by molar-refractivity contribution is 7.89. The van der Waals surface area contributed by atoms with Crippen LogP contribution in [0.2, 0.25) is 5.02 Å². The number of H-pyrrole nitrogens is 1. The summed E-state index contributed by atoms with van der Waals surface area (Å²) in [5.74, 6) is -3.56. The van der Waals surface area contributed by atoms with Crippen LogP contribution in [0.4, 0.5) is 4.39 Å². The summed E-state index contributed by atoms with van der Waals surface area (Å²) in [6.45, 7) is 5.05. The number of esters is 1. The number of rotatable bonds is 7. The van der Waals surface area contributed by atoms with Gasteiger partial charge in [-0.3, -0.25) is 0 Å². The quantitative estimate of drug-likeness (QED) is 0.478. The number of halogens is 2. The van der Waals surface area contributed by atoms with Crippen LogP contribution in [-0.4, -0.2) is 31.7 Å². The van der Waals surface area contributed by atoms with Gasteiger partial charge in [-0.1, -0.05) is 24.6 Å². The summed E-state index contributed by atoms with van der Waals surface area (Å²) < 4.78 is 53.5. The predicted octanol–water partition coefficient (Wildman–Crippen LogP) is 3.38. The van der Waals surface area contributed by atoms with Gasteiger partial charge in [-0.25, -0.2) is 27.5 Å². The number of carbonyl (C=O) groups excluding carboxylic acids is 1. The first kappa shape index (κ1) is 24.6. The van der Waals surface area contributed by atoms with Crippen LogP contribution >= 0.6 is 11.6 Å². The Kier molecular flexibility index (Phi) is 7.06. The van der Waals surface area contributed by atoms with Crippen LogP contribution in [0.1, 0.15) is 51.8 Å². The van der Waals surface area contributed by atoms with Gasteiger partial charge in [-0.2, -0.15) is 4.72 Å². The van der Waals surface area contributed by atoms with E-state index in [9.17, 15) is 22.4 Å². The lowest BCUT2D eigenvalue weighted by molar-refractivity contribution is 0.0596. The number of carbonyl (C=O) groups is 1. The molecular weight excluding hydrogens is 477 g/mol. The molecule has 9 nitrogen and oxygen atoms in total. The Labute approximate surface area is 194 Å². The molecular formula is C21H21ClFN3O6S. The largest absolute Gasteiger partial charge is 0.465 e. The molecule has 3 aromatic rings. The third-order valence-electron chi connectivity index (χ3n) is 5.33. The van der Waals surface area contributed by atoms with Crippen LogP contribution in [0.25, 0.3) is 0 Å². The van der Waals surface area contributed by atoms with E-state index in [1.807, 2.05) is 0 Å². The fourth-order valence-electron chi connectivity index (χ4n) is 3.51. The number of aryl methyl sites for hydroxylation is 1. The molecule has 0 aliphatic heterocycles. The highest BCUT2D eigenvalue weighted by Crippen LogP contribution is 2.35. The lowest BCUT2D eigenvalue weighted by Gasteiger charge is -2.25. The minimum Gasteiger partial charge on any atom is -0.465 e. The molecule has 0 amide bonds. The molecule has 2 atom stereocenters. The smallest absolute Gasteiger partial charge is 0.434 e. The molecule has 0 bridgehead atoms. The number of sulfonamides is 1. The van der Waals surface area contributed by atoms with Crippen LogP contribution in [0, 0.1) is 19.7 Å². The van der Waals surface area contributed by atoms with Crippen LogP contribution < -0.4 is 10.5 Å². The van der Waals surface area contributed by atoms with Crippen molar-refractivity contribution >= 4 is 27.6 Å². The summed E-state index contributed by atoms with van der Waals surface area (Å²) in [6.07, 6.45) is 0. The van der Waals surface area contributed by atoms with Crippen molar-refractivity contribution in [3.8, 4) is 0 Å². The van der Waals surface area contributed by atoms with Crippen molar-refractivity contribution in [1.29, 1.82) is 0 Å². The Hall–Kier alpha value is -3.02. The molecule has 176 valence electrons. The maximum atomic E-state index is 14.8. The molecule has 0 fully saturated rings. The Bertz CT molecular complexity index is 1370. The lowest BCUT2D eigenvalue weighted by atomic mass is 9.88. The van der Waals surface area contributed by atoms with Gasteiger partial charge in [-0.05, 0) is 54.8 Å². The van der Waals surface area contributed by atoms with E-state index in [0.29, 0.717) is 5.56 Å². The van der Waals surface area contributed by atoms with Crippen LogP contribution in [0.5, 0.6) is 0 Å². The third kappa shape index (κ3) is 5.00. The number of aromatic nitrogens is 2. The van der Waals surface area contributed by atoms with E-state index in [0.717, 1.165) is 24.8 Å². The molecule has 3 rings (SSSR count). The van der Waals surface area contributed by atoms with Gasteiger partial charge in [0.15, 0.2) is 0 Å². The maximum absolute atomic E-state index is 14.8. The molecule has 1 heterocycles. The third-order valence-corrected chi connectivity index (χ3v) is 7.06. The number of nitrogens with zero attached hydrogens (tertiary/aromatic N) is 1. The SMILES string of the molecule is COC(=O)c1cc(Cl)ccc1S(=O)(=O)NC(c1n[nH]c(=O)o1)C(C)c1c(F)ccc(C)c1C. The molecule has 1 aromatic heterocycles. The summed E-state index contributed by atoms with van der Waals surface area (Å²) in [4.78, 5) is 23.3. The summed E-state index contributed by atoms with van der Waals surface area (Å²) >= 11 is 5.92. The number of aromatic amines is 1. The van der Waals surface area contributed by atoms with E-state index in [4.69, 9.17) is 16.0 Å². The van der Waals surface area contributed by atoms with Gasteiger partial charge < -0.3 is 9.15 Å². The molecule has 33 heavy (non-hydrogen) atoms. The van der Waals surface area contributed by atoms with Gasteiger partial charge in [0.2, 0.25) is 15.9 Å². The first-order valence-electron chi connectivity index (χ1n) is 9.67. The molecule has 2 N–H and O–H groups in total. The van der Waals surface area contributed by atoms with E-state index in [1.165, 1.54) is 12.1 Å². The summed E-state index contributed by atoms with van der Waals surface area (Å²) in [7, 11) is -3.34. The van der Waals surface area contributed by atoms with Crippen LogP contribution in [-0.2, 0) is 14.8 Å². The Morgan fingerprint density at radius 2 is 1.97 bits per heavy atom. The van der Waals surface area contributed by atoms with Crippen molar-refractivity contribution in [2.24, 2.45) is 0 Å². The number of hydrogen-bond donors (Lipinski definition) is 2. The number of nitrogens with one attached hydrogen (secondary N) is 2. The van der Waals surface area contributed by atoms with Crippen molar-refractivity contribution < 1.29 is 26.8 Å². The average molecular weight is 498 g/mol. The van der Waals surface area contributed by atoms with E-state index in [1.54, 1.807) is 26.8 Å². The van der Waals surface area contributed by atoms with Crippen LogP contribution in [0.15, 0.2) is 44.4 Å².